The maximum atomic E-state index is 6.30. The van der Waals surface area contributed by atoms with Crippen molar-refractivity contribution in [1.82, 2.24) is 4.90 Å². The number of rotatable bonds is 7. The maximum Gasteiger partial charge on any atom is 0.0594 e. The molecule has 3 nitrogen and oxygen atoms in total. The molecular formula is C19H22Cl2N2OS. The van der Waals surface area contributed by atoms with Gasteiger partial charge >= 0.3 is 0 Å². The first-order valence-electron chi connectivity index (χ1n) is 8.48. The van der Waals surface area contributed by atoms with Gasteiger partial charge < -0.3 is 10.1 Å². The zero-order chi connectivity index (χ0) is 17.5. The van der Waals surface area contributed by atoms with E-state index in [4.69, 9.17) is 27.9 Å². The number of para-hydroxylation sites is 1. The Morgan fingerprint density at radius 1 is 1.04 bits per heavy atom. The molecule has 25 heavy (non-hydrogen) atoms. The molecule has 1 saturated heterocycles. The third-order valence-electron chi connectivity index (χ3n) is 4.07. The van der Waals surface area contributed by atoms with Crippen molar-refractivity contribution in [1.29, 1.82) is 0 Å². The average Bonchev–Trinajstić information content (AvgIpc) is 2.63. The second-order valence-electron chi connectivity index (χ2n) is 5.91. The molecular weight excluding hydrogens is 375 g/mol. The fraction of sp³-hybridized carbons (Fsp3) is 0.368. The molecule has 2 aromatic carbocycles. The minimum Gasteiger partial charge on any atom is -0.384 e. The molecule has 6 heteroatoms. The van der Waals surface area contributed by atoms with Crippen molar-refractivity contribution in [3.8, 4) is 0 Å². The van der Waals surface area contributed by atoms with E-state index in [-0.39, 0.29) is 0 Å². The third kappa shape index (κ3) is 5.80. The topological polar surface area (TPSA) is 24.5 Å². The first-order chi connectivity index (χ1) is 12.2. The Labute approximate surface area is 163 Å². The molecule has 0 bridgehead atoms. The normalized spacial score (nSPS) is 15.3. The monoisotopic (exact) mass is 396 g/mol. The van der Waals surface area contributed by atoms with Crippen LogP contribution in [0, 0.1) is 0 Å². The molecule has 0 spiro atoms. The highest BCUT2D eigenvalue weighted by Gasteiger charge is 2.10. The lowest BCUT2D eigenvalue weighted by Crippen LogP contribution is -2.37. The van der Waals surface area contributed by atoms with Gasteiger partial charge in [-0.05, 0) is 43.3 Å². The molecule has 1 aliphatic rings. The molecule has 0 amide bonds. The largest absolute Gasteiger partial charge is 0.384 e. The van der Waals surface area contributed by atoms with E-state index in [1.54, 1.807) is 17.8 Å². The summed E-state index contributed by atoms with van der Waals surface area (Å²) in [6.45, 7) is 5.85. The molecule has 1 heterocycles. The number of hydrogen-bond acceptors (Lipinski definition) is 4. The van der Waals surface area contributed by atoms with E-state index in [1.165, 1.54) is 0 Å². The van der Waals surface area contributed by atoms with Crippen LogP contribution in [0.4, 0.5) is 5.69 Å². The van der Waals surface area contributed by atoms with E-state index < -0.39 is 0 Å². The van der Waals surface area contributed by atoms with Crippen LogP contribution >= 0.6 is 35.0 Å². The molecule has 1 aliphatic heterocycles. The summed E-state index contributed by atoms with van der Waals surface area (Å²) in [4.78, 5) is 4.63. The highest BCUT2D eigenvalue weighted by atomic mass is 35.5. The quantitative estimate of drug-likeness (QED) is 0.643. The Kier molecular flexibility index (Phi) is 7.32. The molecule has 0 radical (unpaired) electrons. The summed E-state index contributed by atoms with van der Waals surface area (Å²) in [6, 6.07) is 13.9. The summed E-state index contributed by atoms with van der Waals surface area (Å²) in [5.41, 5.74) is 1.14. The molecule has 0 saturated carbocycles. The third-order valence-corrected chi connectivity index (χ3v) is 5.88. The number of nitrogens with zero attached hydrogens (tertiary/aromatic N) is 1. The van der Waals surface area contributed by atoms with Gasteiger partial charge in [0, 0.05) is 40.1 Å². The average molecular weight is 397 g/mol. The van der Waals surface area contributed by atoms with Crippen molar-refractivity contribution in [2.45, 2.75) is 16.2 Å². The number of hydrogen-bond donors (Lipinski definition) is 1. The van der Waals surface area contributed by atoms with Gasteiger partial charge in [0.2, 0.25) is 0 Å². The summed E-state index contributed by atoms with van der Waals surface area (Å²) >= 11 is 13.9. The van der Waals surface area contributed by atoms with E-state index in [2.05, 4.69) is 28.4 Å². The fourth-order valence-electron chi connectivity index (χ4n) is 2.73. The minimum absolute atomic E-state index is 0.656. The van der Waals surface area contributed by atoms with Gasteiger partial charge in [-0.15, -0.1) is 0 Å². The smallest absolute Gasteiger partial charge is 0.0594 e. The van der Waals surface area contributed by atoms with Crippen LogP contribution in [0.3, 0.4) is 0 Å². The van der Waals surface area contributed by atoms with Crippen molar-refractivity contribution in [3.05, 3.63) is 52.5 Å². The van der Waals surface area contributed by atoms with Gasteiger partial charge in [-0.1, -0.05) is 47.1 Å². The van der Waals surface area contributed by atoms with Gasteiger partial charge in [0.25, 0.3) is 0 Å². The molecule has 1 N–H and O–H groups in total. The Balaban J connectivity index is 1.55. The highest BCUT2D eigenvalue weighted by molar-refractivity contribution is 7.99. The highest BCUT2D eigenvalue weighted by Crippen LogP contribution is 2.38. The first kappa shape index (κ1) is 18.9. The zero-order valence-corrected chi connectivity index (χ0v) is 16.3. The second kappa shape index (κ2) is 9.70. The number of halogens is 2. The van der Waals surface area contributed by atoms with Crippen molar-refractivity contribution in [2.75, 3.05) is 44.7 Å². The summed E-state index contributed by atoms with van der Waals surface area (Å²) in [5, 5.41) is 4.89. The SMILES string of the molecule is Clc1ccc(Sc2ccccc2NCCCN2CCOCC2)c(Cl)c1. The predicted molar refractivity (Wildman–Crippen MR) is 107 cm³/mol. The van der Waals surface area contributed by atoms with Crippen LogP contribution in [0.25, 0.3) is 0 Å². The number of nitrogens with one attached hydrogen (secondary N) is 1. The number of ether oxygens (including phenoxy) is 1. The lowest BCUT2D eigenvalue weighted by atomic mass is 10.3. The van der Waals surface area contributed by atoms with Crippen LogP contribution in [-0.4, -0.2) is 44.3 Å². The summed E-state index contributed by atoms with van der Waals surface area (Å²) in [6.07, 6.45) is 1.11. The number of anilines is 1. The second-order valence-corrected chi connectivity index (χ2v) is 7.83. The van der Waals surface area contributed by atoms with Crippen LogP contribution in [0.15, 0.2) is 52.3 Å². The minimum atomic E-state index is 0.656. The molecule has 1 fully saturated rings. The molecule has 0 aliphatic carbocycles. The van der Waals surface area contributed by atoms with Gasteiger partial charge in [-0.25, -0.2) is 0 Å². The van der Waals surface area contributed by atoms with Crippen molar-refractivity contribution in [3.63, 3.8) is 0 Å². The van der Waals surface area contributed by atoms with E-state index in [1.807, 2.05) is 18.2 Å². The van der Waals surface area contributed by atoms with Gasteiger partial charge in [-0.3, -0.25) is 4.90 Å². The van der Waals surface area contributed by atoms with E-state index >= 15 is 0 Å². The van der Waals surface area contributed by atoms with Gasteiger partial charge in [0.15, 0.2) is 0 Å². The van der Waals surface area contributed by atoms with Crippen LogP contribution in [0.5, 0.6) is 0 Å². The molecule has 134 valence electrons. The standard InChI is InChI=1S/C19H22Cl2N2OS/c20-15-6-7-18(16(21)14-15)25-19-5-2-1-4-17(19)22-8-3-9-23-10-12-24-13-11-23/h1-2,4-7,14,22H,3,8-13H2. The Bertz CT molecular complexity index is 693. The Morgan fingerprint density at radius 3 is 2.64 bits per heavy atom. The predicted octanol–water partition coefficient (Wildman–Crippen LogP) is 5.28. The lowest BCUT2D eigenvalue weighted by Gasteiger charge is -2.26. The lowest BCUT2D eigenvalue weighted by molar-refractivity contribution is 0.0378. The molecule has 0 aromatic heterocycles. The van der Waals surface area contributed by atoms with E-state index in [0.29, 0.717) is 10.0 Å². The van der Waals surface area contributed by atoms with Crippen molar-refractivity contribution >= 4 is 40.7 Å². The van der Waals surface area contributed by atoms with Gasteiger partial charge in [-0.2, -0.15) is 0 Å². The zero-order valence-electron chi connectivity index (χ0n) is 14.0. The number of morpholine rings is 1. The van der Waals surface area contributed by atoms with E-state index in [9.17, 15) is 0 Å². The molecule has 3 rings (SSSR count). The maximum absolute atomic E-state index is 6.30. The fourth-order valence-corrected chi connectivity index (χ4v) is 4.18. The number of benzene rings is 2. The summed E-state index contributed by atoms with van der Waals surface area (Å²) in [7, 11) is 0. The van der Waals surface area contributed by atoms with Crippen molar-refractivity contribution in [2.24, 2.45) is 0 Å². The molecule has 0 atom stereocenters. The van der Waals surface area contributed by atoms with Crippen molar-refractivity contribution < 1.29 is 4.74 Å². The molecule has 2 aromatic rings. The van der Waals surface area contributed by atoms with Crippen LogP contribution in [0.2, 0.25) is 10.0 Å². The Morgan fingerprint density at radius 2 is 1.84 bits per heavy atom. The van der Waals surface area contributed by atoms with Crippen LogP contribution in [0.1, 0.15) is 6.42 Å². The summed E-state index contributed by atoms with van der Waals surface area (Å²) in [5.74, 6) is 0. The van der Waals surface area contributed by atoms with E-state index in [0.717, 1.165) is 61.3 Å². The van der Waals surface area contributed by atoms with Gasteiger partial charge in [0.1, 0.15) is 0 Å². The molecule has 0 unspecified atom stereocenters. The van der Waals surface area contributed by atoms with Gasteiger partial charge in [0.05, 0.1) is 18.2 Å². The van der Waals surface area contributed by atoms with Crippen LogP contribution < -0.4 is 5.32 Å². The van der Waals surface area contributed by atoms with Crippen LogP contribution in [-0.2, 0) is 4.74 Å². The Hall–Kier alpha value is -0.910. The summed E-state index contributed by atoms with van der Waals surface area (Å²) < 4.78 is 5.39. The first-order valence-corrected chi connectivity index (χ1v) is 10.1.